The summed E-state index contributed by atoms with van der Waals surface area (Å²) in [6, 6.07) is 6.13. The number of H-pyrrole nitrogens is 1. The highest BCUT2D eigenvalue weighted by molar-refractivity contribution is 6.58. The second-order valence-electron chi connectivity index (χ2n) is 8.20. The third-order valence-electron chi connectivity index (χ3n) is 5.82. The van der Waals surface area contributed by atoms with Crippen LogP contribution in [0.25, 0.3) is 27.7 Å². The van der Waals surface area contributed by atoms with Crippen molar-refractivity contribution in [3.63, 3.8) is 0 Å². The van der Waals surface area contributed by atoms with Gasteiger partial charge in [0.05, 0.1) is 17.0 Å². The zero-order valence-corrected chi connectivity index (χ0v) is 17.8. The first kappa shape index (κ1) is 20.9. The van der Waals surface area contributed by atoms with Crippen LogP contribution in [-0.4, -0.2) is 72.7 Å². The molecule has 4 aromatic heterocycles. The van der Waals surface area contributed by atoms with Gasteiger partial charge in [-0.2, -0.15) is 15.1 Å². The number of anilines is 1. The monoisotopic (exact) mass is 422 g/mol. The van der Waals surface area contributed by atoms with E-state index in [-0.39, 0.29) is 11.9 Å². The molecule has 0 amide bonds. The minimum absolute atomic E-state index is 0.209. The van der Waals surface area contributed by atoms with Crippen LogP contribution >= 0.6 is 0 Å². The molecule has 0 unspecified atom stereocenters. The lowest BCUT2D eigenvalue weighted by Gasteiger charge is -2.28. The fourth-order valence-electron chi connectivity index (χ4n) is 4.25. The van der Waals surface area contributed by atoms with Gasteiger partial charge in [0.2, 0.25) is 11.8 Å². The minimum Gasteiger partial charge on any atom is -0.500 e. The Hall–Kier alpha value is -2.94. The maximum absolute atomic E-state index is 5.76. The van der Waals surface area contributed by atoms with E-state index in [4.69, 9.17) is 33.0 Å². The maximum atomic E-state index is 5.76. The summed E-state index contributed by atoms with van der Waals surface area (Å²) in [5.41, 5.74) is 3.33. The lowest BCUT2D eigenvalue weighted by Crippen LogP contribution is -2.38. The van der Waals surface area contributed by atoms with Crippen molar-refractivity contribution in [3.8, 4) is 17.0 Å². The first-order chi connectivity index (χ1) is 15.4. The van der Waals surface area contributed by atoms with Crippen LogP contribution < -0.4 is 10.1 Å². The fourth-order valence-corrected chi connectivity index (χ4v) is 4.25. The van der Waals surface area contributed by atoms with E-state index in [1.807, 2.05) is 30.6 Å². The normalized spacial score (nSPS) is 19.4. The lowest BCUT2D eigenvalue weighted by atomic mass is 9.52. The van der Waals surface area contributed by atoms with Crippen LogP contribution in [0.4, 0.5) is 5.95 Å². The third kappa shape index (κ3) is 4.21. The Bertz CT molecular complexity index is 1240. The van der Waals surface area contributed by atoms with Crippen molar-refractivity contribution in [2.24, 2.45) is 0 Å². The minimum atomic E-state index is -1.89. The first-order valence-electron chi connectivity index (χ1n) is 10.6. The van der Waals surface area contributed by atoms with Crippen molar-refractivity contribution in [2.45, 2.75) is 43.1 Å². The number of methoxy groups -OCH3 is 1. The largest absolute Gasteiger partial charge is 0.500 e. The van der Waals surface area contributed by atoms with Crippen LogP contribution in [-0.2, 0) is 4.74 Å². The number of fused-ring (bicyclic) bond motifs is 2. The van der Waals surface area contributed by atoms with Gasteiger partial charge in [-0.3, -0.25) is 0 Å². The van der Waals surface area contributed by atoms with Gasteiger partial charge in [-0.05, 0) is 54.7 Å². The van der Waals surface area contributed by atoms with Gasteiger partial charge in [-0.1, -0.05) is 0 Å². The zero-order valence-electron chi connectivity index (χ0n) is 17.8. The van der Waals surface area contributed by atoms with Crippen LogP contribution in [0.2, 0.25) is 0 Å². The molecule has 156 valence electrons. The summed E-state index contributed by atoms with van der Waals surface area (Å²) < 4.78 is 12.9. The van der Waals surface area contributed by atoms with E-state index in [1.54, 1.807) is 17.8 Å². The number of hydrogen-bond acceptors (Lipinski definition) is 6. The van der Waals surface area contributed by atoms with E-state index < -0.39 is 5.30 Å². The number of aromatic amines is 1. The number of rotatable bonds is 6. The van der Waals surface area contributed by atoms with Gasteiger partial charge in [0.25, 0.3) is 0 Å². The Kier molecular flexibility index (Phi) is 5.37. The molecule has 4 heterocycles. The van der Waals surface area contributed by atoms with Gasteiger partial charge >= 0.3 is 0 Å². The smallest absolute Gasteiger partial charge is 0.228 e. The number of aromatic nitrogens is 5. The molecule has 0 saturated heterocycles. The Labute approximate surface area is 189 Å². The molecule has 6 radical (unpaired) electrons. The zero-order chi connectivity index (χ0) is 22.3. The van der Waals surface area contributed by atoms with Crippen LogP contribution in [0.15, 0.2) is 36.8 Å². The van der Waals surface area contributed by atoms with Gasteiger partial charge in [0, 0.05) is 37.3 Å². The van der Waals surface area contributed by atoms with Crippen LogP contribution in [0, 0.1) is 0 Å². The van der Waals surface area contributed by atoms with E-state index in [2.05, 4.69) is 25.4 Å². The predicted octanol–water partition coefficient (Wildman–Crippen LogP) is 2.14. The van der Waals surface area contributed by atoms with Crippen molar-refractivity contribution < 1.29 is 9.47 Å². The lowest BCUT2D eigenvalue weighted by molar-refractivity contribution is 0.0681. The summed E-state index contributed by atoms with van der Waals surface area (Å²) in [6.07, 6.45) is 9.70. The van der Waals surface area contributed by atoms with Gasteiger partial charge < -0.3 is 19.8 Å². The molecule has 11 heteroatoms. The van der Waals surface area contributed by atoms with Crippen molar-refractivity contribution in [2.75, 3.05) is 12.4 Å². The van der Waals surface area contributed by atoms with Crippen LogP contribution in [0.5, 0.6) is 5.88 Å². The van der Waals surface area contributed by atoms with Crippen molar-refractivity contribution >= 4 is 46.0 Å². The number of ether oxygens (including phenoxy) is 2. The van der Waals surface area contributed by atoms with Crippen molar-refractivity contribution in [1.82, 2.24) is 24.6 Å². The number of pyridine rings is 1. The molecular weight excluding hydrogens is 401 g/mol. The highest BCUT2D eigenvalue weighted by atomic mass is 16.5. The van der Waals surface area contributed by atoms with E-state index in [0.717, 1.165) is 42.3 Å². The molecule has 5 rings (SSSR count). The molecule has 1 saturated carbocycles. The standard InChI is InChI=1S/C21H21B3N6O2/c1-31-15-4-2-13(3-5-15)27-20-28-18-17(19(29-20)32-21(22,23)24)16(11-25-18)12-7-9-30-14(10-12)6-8-26-30/h6-11,13,15H,2-5H2,1H3,(H2,25,27,28,29). The van der Waals surface area contributed by atoms with Gasteiger partial charge in [0.1, 0.15) is 29.2 Å². The van der Waals surface area contributed by atoms with Gasteiger partial charge in [-0.15, -0.1) is 0 Å². The molecule has 8 nitrogen and oxygen atoms in total. The summed E-state index contributed by atoms with van der Waals surface area (Å²) in [4.78, 5) is 12.5. The van der Waals surface area contributed by atoms with Crippen LogP contribution in [0.1, 0.15) is 25.7 Å². The quantitative estimate of drug-likeness (QED) is 0.464. The van der Waals surface area contributed by atoms with Gasteiger partial charge in [-0.25, -0.2) is 4.52 Å². The van der Waals surface area contributed by atoms with E-state index >= 15 is 0 Å². The predicted molar refractivity (Wildman–Crippen MR) is 125 cm³/mol. The Morgan fingerprint density at radius 2 is 1.97 bits per heavy atom. The number of nitrogens with zero attached hydrogens (tertiary/aromatic N) is 4. The Balaban J connectivity index is 1.53. The van der Waals surface area contributed by atoms with E-state index in [0.29, 0.717) is 23.1 Å². The SMILES string of the molecule is [B]C([B])([B])Oc1nc(NC2CCC(OC)CC2)nc2[nH]cc(-c3ccn4nccc4c3)c12. The molecule has 0 aliphatic heterocycles. The van der Waals surface area contributed by atoms with E-state index in [9.17, 15) is 0 Å². The molecule has 32 heavy (non-hydrogen) atoms. The first-order valence-corrected chi connectivity index (χ1v) is 10.6. The summed E-state index contributed by atoms with van der Waals surface area (Å²) in [5.74, 6) is 0.637. The molecule has 0 bridgehead atoms. The Morgan fingerprint density at radius 3 is 2.72 bits per heavy atom. The molecule has 0 spiro atoms. The molecule has 0 atom stereocenters. The van der Waals surface area contributed by atoms with Crippen LogP contribution in [0.3, 0.4) is 0 Å². The molecule has 2 N–H and O–H groups in total. The third-order valence-corrected chi connectivity index (χ3v) is 5.82. The topological polar surface area (TPSA) is 89.4 Å². The second-order valence-corrected chi connectivity index (χ2v) is 8.20. The molecule has 1 fully saturated rings. The maximum Gasteiger partial charge on any atom is 0.228 e. The van der Waals surface area contributed by atoms with Gasteiger partial charge in [0.15, 0.2) is 0 Å². The number of hydrogen-bond donors (Lipinski definition) is 2. The Morgan fingerprint density at radius 1 is 1.16 bits per heavy atom. The summed E-state index contributed by atoms with van der Waals surface area (Å²) >= 11 is 0. The molecule has 1 aliphatic carbocycles. The average molecular weight is 422 g/mol. The molecule has 0 aromatic carbocycles. The fraction of sp³-hybridized carbons (Fsp3) is 0.381. The highest BCUT2D eigenvalue weighted by Crippen LogP contribution is 2.36. The number of nitrogens with one attached hydrogen (secondary N) is 2. The summed E-state index contributed by atoms with van der Waals surface area (Å²) in [7, 11) is 19.0. The average Bonchev–Trinajstić information content (AvgIpc) is 3.39. The summed E-state index contributed by atoms with van der Waals surface area (Å²) in [5, 5.41) is 6.40. The molecule has 4 aromatic rings. The second kappa shape index (κ2) is 8.20. The summed E-state index contributed by atoms with van der Waals surface area (Å²) in [6.45, 7) is 0. The highest BCUT2D eigenvalue weighted by Gasteiger charge is 2.24. The van der Waals surface area contributed by atoms with Crippen molar-refractivity contribution in [1.29, 1.82) is 0 Å². The molecule has 1 aliphatic rings. The van der Waals surface area contributed by atoms with Crippen molar-refractivity contribution in [3.05, 3.63) is 36.8 Å². The molecular formula is C21H21B3N6O2. The van der Waals surface area contributed by atoms with E-state index in [1.165, 1.54) is 0 Å².